The van der Waals surface area contributed by atoms with Crippen molar-refractivity contribution in [3.63, 3.8) is 0 Å². The summed E-state index contributed by atoms with van der Waals surface area (Å²) in [6.45, 7) is 6.07. The minimum Gasteiger partial charge on any atom is -0.396 e. The molecule has 0 spiro atoms. The molecule has 4 nitrogen and oxygen atoms in total. The molecule has 1 N–H and O–H groups in total. The van der Waals surface area contributed by atoms with Crippen LogP contribution in [0.1, 0.15) is 27.2 Å². The van der Waals surface area contributed by atoms with Crippen molar-refractivity contribution in [3.05, 3.63) is 23.5 Å². The first-order valence-electron chi connectivity index (χ1n) is 5.48. The van der Waals surface area contributed by atoms with E-state index in [4.69, 9.17) is 14.2 Å². The Morgan fingerprint density at radius 3 is 2.25 bits per heavy atom. The second kappa shape index (κ2) is 8.71. The van der Waals surface area contributed by atoms with E-state index < -0.39 is 7.60 Å². The number of rotatable bonds is 8. The zero-order chi connectivity index (χ0) is 12.4. The molecule has 0 fully saturated rings. The number of allylic oxidation sites excluding steroid dienone is 3. The maximum Gasteiger partial charge on any atom is 0.360 e. The molecule has 0 heterocycles. The molecule has 0 rings (SSSR count). The highest BCUT2D eigenvalue weighted by molar-refractivity contribution is 7.58. The van der Waals surface area contributed by atoms with Crippen LogP contribution in [0.5, 0.6) is 0 Å². The van der Waals surface area contributed by atoms with E-state index in [9.17, 15) is 4.57 Å². The molecule has 0 radical (unpaired) electrons. The monoisotopic (exact) mass is 248 g/mol. The van der Waals surface area contributed by atoms with Crippen molar-refractivity contribution in [1.82, 2.24) is 0 Å². The van der Waals surface area contributed by atoms with E-state index in [-0.39, 0.29) is 6.61 Å². The van der Waals surface area contributed by atoms with Gasteiger partial charge in [0.25, 0.3) is 0 Å². The average molecular weight is 248 g/mol. The van der Waals surface area contributed by atoms with Gasteiger partial charge in [-0.1, -0.05) is 18.2 Å². The SMILES string of the molecule is C/C=C(/C=C/CCO)P(=O)(OCC)OCC. The van der Waals surface area contributed by atoms with Crippen molar-refractivity contribution in [2.75, 3.05) is 19.8 Å². The summed E-state index contributed by atoms with van der Waals surface area (Å²) in [6.07, 6.45) is 5.66. The van der Waals surface area contributed by atoms with Crippen molar-refractivity contribution in [1.29, 1.82) is 0 Å². The summed E-state index contributed by atoms with van der Waals surface area (Å²) in [4.78, 5) is 0. The van der Waals surface area contributed by atoms with Gasteiger partial charge in [-0.2, -0.15) is 0 Å². The fourth-order valence-electron chi connectivity index (χ4n) is 1.15. The fraction of sp³-hybridized carbons (Fsp3) is 0.636. The molecule has 0 unspecified atom stereocenters. The van der Waals surface area contributed by atoms with Gasteiger partial charge in [0.05, 0.1) is 18.5 Å². The Kier molecular flexibility index (Phi) is 8.49. The first-order valence-corrected chi connectivity index (χ1v) is 7.02. The summed E-state index contributed by atoms with van der Waals surface area (Å²) in [6, 6.07) is 0. The minimum absolute atomic E-state index is 0.0705. The third kappa shape index (κ3) is 5.08. The standard InChI is InChI=1S/C11H21O4P/c1-4-11(9-7-8-10-12)16(13,14-5-2)15-6-3/h4,7,9,12H,5-6,8,10H2,1-3H3/b9-7+,11-4-. The molecule has 0 aliphatic carbocycles. The lowest BCUT2D eigenvalue weighted by atomic mass is 10.4. The van der Waals surface area contributed by atoms with Crippen LogP contribution in [0.2, 0.25) is 0 Å². The minimum atomic E-state index is -3.18. The van der Waals surface area contributed by atoms with Crippen LogP contribution < -0.4 is 0 Å². The topological polar surface area (TPSA) is 55.8 Å². The normalized spacial score (nSPS) is 13.6. The molecule has 5 heteroatoms. The highest BCUT2D eigenvalue weighted by atomic mass is 31.2. The maximum absolute atomic E-state index is 12.3. The highest BCUT2D eigenvalue weighted by Crippen LogP contribution is 2.56. The Bertz CT molecular complexity index is 274. The summed E-state index contributed by atoms with van der Waals surface area (Å²) in [5, 5.41) is 9.19. The van der Waals surface area contributed by atoms with Crippen LogP contribution in [0.15, 0.2) is 23.5 Å². The van der Waals surface area contributed by atoms with E-state index in [0.717, 1.165) is 0 Å². The third-order valence-electron chi connectivity index (χ3n) is 1.79. The lowest BCUT2D eigenvalue weighted by Gasteiger charge is -2.17. The average Bonchev–Trinajstić information content (AvgIpc) is 2.25. The molecule has 0 aliphatic heterocycles. The summed E-state index contributed by atoms with van der Waals surface area (Å²) in [7, 11) is -3.18. The van der Waals surface area contributed by atoms with E-state index in [0.29, 0.717) is 24.9 Å². The van der Waals surface area contributed by atoms with Crippen LogP contribution in [-0.2, 0) is 13.6 Å². The van der Waals surface area contributed by atoms with Crippen molar-refractivity contribution in [2.24, 2.45) is 0 Å². The van der Waals surface area contributed by atoms with Gasteiger partial charge in [0.1, 0.15) is 0 Å². The maximum atomic E-state index is 12.3. The number of aliphatic hydroxyl groups excluding tert-OH is 1. The zero-order valence-electron chi connectivity index (χ0n) is 10.2. The van der Waals surface area contributed by atoms with Gasteiger partial charge in [-0.3, -0.25) is 4.57 Å². The van der Waals surface area contributed by atoms with Crippen molar-refractivity contribution in [2.45, 2.75) is 27.2 Å². The highest BCUT2D eigenvalue weighted by Gasteiger charge is 2.26. The van der Waals surface area contributed by atoms with Gasteiger partial charge in [-0.15, -0.1) is 0 Å². The third-order valence-corrected chi connectivity index (χ3v) is 4.03. The van der Waals surface area contributed by atoms with E-state index in [1.807, 2.05) is 0 Å². The largest absolute Gasteiger partial charge is 0.396 e. The van der Waals surface area contributed by atoms with Crippen LogP contribution in [0, 0.1) is 0 Å². The smallest absolute Gasteiger partial charge is 0.360 e. The van der Waals surface area contributed by atoms with E-state index >= 15 is 0 Å². The molecule has 94 valence electrons. The molecule has 16 heavy (non-hydrogen) atoms. The van der Waals surface area contributed by atoms with Gasteiger partial charge in [0.15, 0.2) is 0 Å². The first-order chi connectivity index (χ1) is 7.64. The molecule has 0 saturated carbocycles. The lowest BCUT2D eigenvalue weighted by Crippen LogP contribution is -1.97. The Hall–Kier alpha value is -0.410. The molecule has 0 aromatic carbocycles. The van der Waals surface area contributed by atoms with Gasteiger partial charge in [0, 0.05) is 6.61 Å². The molecule has 0 saturated heterocycles. The van der Waals surface area contributed by atoms with Crippen LogP contribution in [0.4, 0.5) is 0 Å². The number of hydrogen-bond donors (Lipinski definition) is 1. The quantitative estimate of drug-likeness (QED) is 0.529. The summed E-state index contributed by atoms with van der Waals surface area (Å²) in [5.41, 5.74) is 0. The van der Waals surface area contributed by atoms with Crippen LogP contribution in [-0.4, -0.2) is 24.9 Å². The van der Waals surface area contributed by atoms with Crippen molar-refractivity contribution < 1.29 is 18.7 Å². The van der Waals surface area contributed by atoms with Crippen LogP contribution in [0.3, 0.4) is 0 Å². The van der Waals surface area contributed by atoms with E-state index in [2.05, 4.69) is 0 Å². The Morgan fingerprint density at radius 1 is 1.31 bits per heavy atom. The second-order valence-corrected chi connectivity index (χ2v) is 4.99. The Morgan fingerprint density at radius 2 is 1.88 bits per heavy atom. The van der Waals surface area contributed by atoms with Gasteiger partial charge in [-0.25, -0.2) is 0 Å². The second-order valence-electron chi connectivity index (χ2n) is 2.96. The van der Waals surface area contributed by atoms with Gasteiger partial charge >= 0.3 is 7.60 Å². The van der Waals surface area contributed by atoms with Gasteiger partial charge in [0.2, 0.25) is 0 Å². The molecule has 0 aliphatic rings. The van der Waals surface area contributed by atoms with E-state index in [1.54, 1.807) is 39.0 Å². The van der Waals surface area contributed by atoms with E-state index in [1.165, 1.54) is 0 Å². The van der Waals surface area contributed by atoms with Crippen molar-refractivity contribution >= 4 is 7.60 Å². The molecule has 0 aromatic heterocycles. The summed E-state index contributed by atoms with van der Waals surface area (Å²) in [5.74, 6) is 0. The molecular formula is C11H21O4P. The Balaban J connectivity index is 4.79. The van der Waals surface area contributed by atoms with Gasteiger partial charge in [-0.05, 0) is 27.2 Å². The van der Waals surface area contributed by atoms with Crippen LogP contribution in [0.25, 0.3) is 0 Å². The fourth-order valence-corrected chi connectivity index (χ4v) is 2.81. The Labute approximate surface area is 97.5 Å². The van der Waals surface area contributed by atoms with Crippen molar-refractivity contribution in [3.8, 4) is 0 Å². The molecule has 0 atom stereocenters. The molecule has 0 bridgehead atoms. The predicted octanol–water partition coefficient (Wildman–Crippen LogP) is 3.09. The number of aliphatic hydroxyl groups is 1. The predicted molar refractivity (Wildman–Crippen MR) is 65.5 cm³/mol. The van der Waals surface area contributed by atoms with Gasteiger partial charge < -0.3 is 14.2 Å². The van der Waals surface area contributed by atoms with Crippen LogP contribution >= 0.6 is 7.60 Å². The summed E-state index contributed by atoms with van der Waals surface area (Å²) >= 11 is 0. The summed E-state index contributed by atoms with van der Waals surface area (Å²) < 4.78 is 22.7. The molecule has 0 aromatic rings. The number of hydrogen-bond acceptors (Lipinski definition) is 4. The first kappa shape index (κ1) is 15.6. The molecular weight excluding hydrogens is 227 g/mol. The molecule has 0 amide bonds. The lowest BCUT2D eigenvalue weighted by molar-refractivity contribution is 0.227. The zero-order valence-corrected chi connectivity index (χ0v) is 11.1.